The molecule has 0 saturated carbocycles. The number of ether oxygens (including phenoxy) is 1. The molecule has 1 aromatic rings. The Bertz CT molecular complexity index is 473. The molecule has 3 atom stereocenters. The van der Waals surface area contributed by atoms with Gasteiger partial charge < -0.3 is 9.64 Å². The number of carbonyl (C=O) groups excluding carboxylic acids is 1. The zero-order valence-corrected chi connectivity index (χ0v) is 11.6. The Hall–Kier alpha value is -1.35. The highest BCUT2D eigenvalue weighted by Crippen LogP contribution is 2.47. The van der Waals surface area contributed by atoms with Crippen LogP contribution >= 0.6 is 0 Å². The van der Waals surface area contributed by atoms with Crippen molar-refractivity contribution in [1.82, 2.24) is 4.90 Å². The quantitative estimate of drug-likeness (QED) is 0.816. The fourth-order valence-electron chi connectivity index (χ4n) is 3.59. The van der Waals surface area contributed by atoms with Crippen LogP contribution in [-0.2, 0) is 9.53 Å². The van der Waals surface area contributed by atoms with Gasteiger partial charge >= 0.3 is 0 Å². The summed E-state index contributed by atoms with van der Waals surface area (Å²) in [6, 6.07) is 10.4. The van der Waals surface area contributed by atoms with Gasteiger partial charge in [-0.05, 0) is 31.7 Å². The number of piperidine rings is 1. The SMILES string of the molecule is CC[C@@]12CCCC(=O)N1[C@@H](C)[C@@H](c1ccccc1)O2. The Labute approximate surface area is 114 Å². The molecule has 0 aromatic heterocycles. The molecule has 19 heavy (non-hydrogen) atoms. The molecule has 2 saturated heterocycles. The molecule has 0 bridgehead atoms. The highest BCUT2D eigenvalue weighted by molar-refractivity contribution is 5.78. The van der Waals surface area contributed by atoms with Crippen LogP contribution < -0.4 is 0 Å². The van der Waals surface area contributed by atoms with E-state index in [1.807, 2.05) is 23.1 Å². The summed E-state index contributed by atoms with van der Waals surface area (Å²) < 4.78 is 6.38. The average molecular weight is 259 g/mol. The molecule has 1 aromatic carbocycles. The number of hydrogen-bond acceptors (Lipinski definition) is 2. The summed E-state index contributed by atoms with van der Waals surface area (Å²) in [5.74, 6) is 0.249. The van der Waals surface area contributed by atoms with Gasteiger partial charge in [0, 0.05) is 6.42 Å². The van der Waals surface area contributed by atoms with Gasteiger partial charge in [0.15, 0.2) is 0 Å². The van der Waals surface area contributed by atoms with Crippen molar-refractivity contribution in [2.75, 3.05) is 0 Å². The zero-order valence-electron chi connectivity index (χ0n) is 11.6. The second kappa shape index (κ2) is 4.64. The number of hydrogen-bond donors (Lipinski definition) is 0. The Balaban J connectivity index is 1.97. The molecule has 0 radical (unpaired) electrons. The molecule has 2 aliphatic heterocycles. The maximum absolute atomic E-state index is 12.3. The van der Waals surface area contributed by atoms with Crippen LogP contribution in [0.1, 0.15) is 51.2 Å². The van der Waals surface area contributed by atoms with Crippen molar-refractivity contribution < 1.29 is 9.53 Å². The summed E-state index contributed by atoms with van der Waals surface area (Å²) in [6.45, 7) is 4.23. The monoisotopic (exact) mass is 259 g/mol. The number of benzene rings is 1. The molecule has 0 N–H and O–H groups in total. The van der Waals surface area contributed by atoms with Crippen molar-refractivity contribution in [3.05, 3.63) is 35.9 Å². The van der Waals surface area contributed by atoms with E-state index in [2.05, 4.69) is 26.0 Å². The standard InChI is InChI=1S/C16H21NO2/c1-3-16-11-7-10-14(18)17(16)12(2)15(19-16)13-8-5-4-6-9-13/h4-6,8-9,12,15H,3,7,10-11H2,1-2H3/t12-,15-,16+/m0/s1. The number of amides is 1. The first-order valence-electron chi connectivity index (χ1n) is 7.23. The van der Waals surface area contributed by atoms with Crippen molar-refractivity contribution in [3.8, 4) is 0 Å². The van der Waals surface area contributed by atoms with Gasteiger partial charge in [-0.2, -0.15) is 0 Å². The van der Waals surface area contributed by atoms with Crippen LogP contribution in [-0.4, -0.2) is 22.6 Å². The lowest BCUT2D eigenvalue weighted by Gasteiger charge is -2.41. The molecule has 1 amide bonds. The van der Waals surface area contributed by atoms with Crippen LogP contribution in [0.25, 0.3) is 0 Å². The Morgan fingerprint density at radius 2 is 2.11 bits per heavy atom. The minimum absolute atomic E-state index is 0.00296. The summed E-state index contributed by atoms with van der Waals surface area (Å²) in [5, 5.41) is 0. The van der Waals surface area contributed by atoms with E-state index >= 15 is 0 Å². The molecule has 102 valence electrons. The van der Waals surface area contributed by atoms with E-state index in [9.17, 15) is 4.79 Å². The fraction of sp³-hybridized carbons (Fsp3) is 0.562. The van der Waals surface area contributed by atoms with Gasteiger partial charge in [-0.3, -0.25) is 4.79 Å². The van der Waals surface area contributed by atoms with E-state index < -0.39 is 0 Å². The minimum Gasteiger partial charge on any atom is -0.346 e. The normalized spacial score (nSPS) is 34.4. The molecule has 0 aliphatic carbocycles. The fourth-order valence-corrected chi connectivity index (χ4v) is 3.59. The Morgan fingerprint density at radius 3 is 2.74 bits per heavy atom. The maximum atomic E-state index is 12.3. The smallest absolute Gasteiger partial charge is 0.225 e. The summed E-state index contributed by atoms with van der Waals surface area (Å²) >= 11 is 0. The number of carbonyl (C=O) groups is 1. The summed E-state index contributed by atoms with van der Waals surface area (Å²) in [5.41, 5.74) is 0.806. The number of fused-ring (bicyclic) bond motifs is 1. The maximum Gasteiger partial charge on any atom is 0.225 e. The minimum atomic E-state index is -0.366. The lowest BCUT2D eigenvalue weighted by molar-refractivity contribution is -0.164. The van der Waals surface area contributed by atoms with Gasteiger partial charge in [-0.1, -0.05) is 37.3 Å². The molecular weight excluding hydrogens is 238 g/mol. The van der Waals surface area contributed by atoms with Gasteiger partial charge in [-0.25, -0.2) is 0 Å². The van der Waals surface area contributed by atoms with Crippen molar-refractivity contribution in [2.24, 2.45) is 0 Å². The van der Waals surface area contributed by atoms with Gasteiger partial charge in [0.1, 0.15) is 11.8 Å². The van der Waals surface area contributed by atoms with Gasteiger partial charge in [0.2, 0.25) is 5.91 Å². The number of rotatable bonds is 2. The molecule has 0 spiro atoms. The first kappa shape index (κ1) is 12.7. The van der Waals surface area contributed by atoms with Crippen molar-refractivity contribution in [3.63, 3.8) is 0 Å². The second-order valence-corrected chi connectivity index (χ2v) is 5.61. The van der Waals surface area contributed by atoms with Crippen LogP contribution in [0.15, 0.2) is 30.3 Å². The van der Waals surface area contributed by atoms with E-state index in [0.29, 0.717) is 6.42 Å². The molecule has 3 nitrogen and oxygen atoms in total. The molecule has 0 unspecified atom stereocenters. The van der Waals surface area contributed by atoms with Crippen molar-refractivity contribution >= 4 is 5.91 Å². The van der Waals surface area contributed by atoms with Crippen LogP contribution in [0.3, 0.4) is 0 Å². The predicted molar refractivity (Wildman–Crippen MR) is 73.4 cm³/mol. The average Bonchev–Trinajstić information content (AvgIpc) is 2.75. The lowest BCUT2D eigenvalue weighted by atomic mass is 9.94. The predicted octanol–water partition coefficient (Wildman–Crippen LogP) is 3.27. The highest BCUT2D eigenvalue weighted by Gasteiger charge is 2.53. The summed E-state index contributed by atoms with van der Waals surface area (Å²) in [7, 11) is 0. The van der Waals surface area contributed by atoms with Crippen LogP contribution in [0, 0.1) is 0 Å². The molecule has 3 heteroatoms. The van der Waals surface area contributed by atoms with E-state index in [-0.39, 0.29) is 23.8 Å². The van der Waals surface area contributed by atoms with Crippen LogP contribution in [0.2, 0.25) is 0 Å². The van der Waals surface area contributed by atoms with E-state index in [4.69, 9.17) is 4.74 Å². The lowest BCUT2D eigenvalue weighted by Crippen LogP contribution is -2.53. The molecular formula is C16H21NO2. The second-order valence-electron chi connectivity index (χ2n) is 5.61. The topological polar surface area (TPSA) is 29.5 Å². The van der Waals surface area contributed by atoms with Crippen molar-refractivity contribution in [1.29, 1.82) is 0 Å². The molecule has 2 fully saturated rings. The molecule has 3 rings (SSSR count). The third-order valence-corrected chi connectivity index (χ3v) is 4.54. The van der Waals surface area contributed by atoms with Gasteiger partial charge in [0.25, 0.3) is 0 Å². The van der Waals surface area contributed by atoms with E-state index in [1.54, 1.807) is 0 Å². The first-order chi connectivity index (χ1) is 9.18. The summed E-state index contributed by atoms with van der Waals surface area (Å²) in [4.78, 5) is 14.3. The Morgan fingerprint density at radius 1 is 1.37 bits per heavy atom. The van der Waals surface area contributed by atoms with E-state index in [0.717, 1.165) is 19.3 Å². The van der Waals surface area contributed by atoms with Gasteiger partial charge in [-0.15, -0.1) is 0 Å². The highest BCUT2D eigenvalue weighted by atomic mass is 16.5. The summed E-state index contributed by atoms with van der Waals surface area (Å²) in [6.07, 6.45) is 3.44. The van der Waals surface area contributed by atoms with Gasteiger partial charge in [0.05, 0.1) is 6.04 Å². The zero-order chi connectivity index (χ0) is 13.5. The van der Waals surface area contributed by atoms with Crippen molar-refractivity contribution in [2.45, 2.75) is 57.4 Å². The Kier molecular flexibility index (Phi) is 3.09. The first-order valence-corrected chi connectivity index (χ1v) is 7.23. The van der Waals surface area contributed by atoms with E-state index in [1.165, 1.54) is 5.56 Å². The largest absolute Gasteiger partial charge is 0.346 e. The van der Waals surface area contributed by atoms with Crippen LogP contribution in [0.5, 0.6) is 0 Å². The molecule has 2 heterocycles. The third kappa shape index (κ3) is 1.88. The number of nitrogens with zero attached hydrogens (tertiary/aromatic N) is 1. The molecule has 2 aliphatic rings. The third-order valence-electron chi connectivity index (χ3n) is 4.54. The van der Waals surface area contributed by atoms with Crippen LogP contribution in [0.4, 0.5) is 0 Å².